The van der Waals surface area contributed by atoms with Gasteiger partial charge >= 0.3 is 24.1 Å². The molecule has 10 nitrogen and oxygen atoms in total. The number of carbonyl (C=O) groups excluding carboxylic acids is 4. The van der Waals surface area contributed by atoms with Gasteiger partial charge in [-0.05, 0) is 61.3 Å². The summed E-state index contributed by atoms with van der Waals surface area (Å²) in [6.07, 6.45) is -0.719. The van der Waals surface area contributed by atoms with Crippen LogP contribution in [0, 0.1) is 5.41 Å². The molecule has 0 spiro atoms. The molecule has 0 aliphatic rings. The Morgan fingerprint density at radius 2 is 1.26 bits per heavy atom. The molecule has 0 rings (SSSR count). The Balaban J connectivity index is 6.59. The largest absolute Gasteiger partial charge is 0.450 e. The third-order valence-corrected chi connectivity index (χ3v) is 6.06. The predicted molar refractivity (Wildman–Crippen MR) is 131 cm³/mol. The Labute approximate surface area is 208 Å². The number of amides is 2. The van der Waals surface area contributed by atoms with E-state index in [1.54, 1.807) is 34.6 Å². The molecule has 1 unspecified atom stereocenters. The minimum atomic E-state index is -1.87. The molecule has 0 aromatic carbocycles. The summed E-state index contributed by atoms with van der Waals surface area (Å²) in [5, 5.41) is 5.40. The van der Waals surface area contributed by atoms with E-state index in [9.17, 15) is 19.2 Å². The van der Waals surface area contributed by atoms with Crippen LogP contribution in [0.2, 0.25) is 0 Å². The highest BCUT2D eigenvalue weighted by molar-refractivity contribution is 5.89. The van der Waals surface area contributed by atoms with Crippen molar-refractivity contribution in [1.82, 2.24) is 10.6 Å². The minimum Gasteiger partial charge on any atom is -0.450 e. The summed E-state index contributed by atoms with van der Waals surface area (Å²) in [5.41, 5.74) is -2.08. The van der Waals surface area contributed by atoms with Gasteiger partial charge in [0.05, 0.1) is 24.2 Å². The highest BCUT2D eigenvalue weighted by Crippen LogP contribution is 2.50. The molecule has 0 saturated heterocycles. The molecular weight excluding hydrogens is 456 g/mol. The fraction of sp³-hybridized carbons (Fsp3) is 0.680. The standard InChI is InChI=1S/C25H42N2O8/c1-11-24(10,23(8,9)27-22(31)33-13-3)25(34-19(28)17(4)5,35-20(29)18(6)7)15-14-16-26-21(30)32-12-2/h4,6,11-16H2,1-3,5,7-10H3,(H,26,30)(H,27,31). The lowest BCUT2D eigenvalue weighted by Gasteiger charge is -2.54. The van der Waals surface area contributed by atoms with Crippen molar-refractivity contribution >= 4 is 24.1 Å². The van der Waals surface area contributed by atoms with E-state index in [0.717, 1.165) is 0 Å². The highest BCUT2D eigenvalue weighted by atomic mass is 16.7. The molecule has 0 aromatic rings. The molecule has 2 N–H and O–H groups in total. The maximum atomic E-state index is 12.8. The van der Waals surface area contributed by atoms with Gasteiger partial charge in [-0.15, -0.1) is 0 Å². The number of alkyl carbamates (subject to hydrolysis) is 2. The molecule has 0 aliphatic carbocycles. The first kappa shape index (κ1) is 32.0. The van der Waals surface area contributed by atoms with Crippen molar-refractivity contribution < 1.29 is 38.1 Å². The SMILES string of the molecule is C=C(C)C(=O)OC(CCCNC(=O)OCC)(OC(=O)C(=C)C)C(C)(CC)C(C)(C)NC(=O)OCC. The summed E-state index contributed by atoms with van der Waals surface area (Å²) in [5.74, 6) is -3.42. The van der Waals surface area contributed by atoms with E-state index < -0.39 is 40.9 Å². The Morgan fingerprint density at radius 1 is 0.800 bits per heavy atom. The van der Waals surface area contributed by atoms with Crippen LogP contribution in [0.5, 0.6) is 0 Å². The summed E-state index contributed by atoms with van der Waals surface area (Å²) in [6.45, 7) is 21.1. The Bertz CT molecular complexity index is 777. The third kappa shape index (κ3) is 8.60. The van der Waals surface area contributed by atoms with Crippen LogP contribution in [0.4, 0.5) is 9.59 Å². The Morgan fingerprint density at radius 3 is 1.66 bits per heavy atom. The van der Waals surface area contributed by atoms with Gasteiger partial charge in [-0.1, -0.05) is 20.1 Å². The quantitative estimate of drug-likeness (QED) is 0.119. The second-order valence-corrected chi connectivity index (χ2v) is 9.00. The summed E-state index contributed by atoms with van der Waals surface area (Å²) < 4.78 is 21.7. The minimum absolute atomic E-state index is 0.00425. The van der Waals surface area contributed by atoms with E-state index in [2.05, 4.69) is 23.8 Å². The molecule has 0 radical (unpaired) electrons. The molecule has 200 valence electrons. The fourth-order valence-electron chi connectivity index (χ4n) is 3.54. The lowest BCUT2D eigenvalue weighted by atomic mass is 9.63. The van der Waals surface area contributed by atoms with Gasteiger partial charge in [-0.3, -0.25) is 0 Å². The predicted octanol–water partition coefficient (Wildman–Crippen LogP) is 4.39. The lowest BCUT2D eigenvalue weighted by molar-refractivity contribution is -0.283. The van der Waals surface area contributed by atoms with Gasteiger partial charge < -0.3 is 29.6 Å². The van der Waals surface area contributed by atoms with Crippen molar-refractivity contribution in [2.24, 2.45) is 5.41 Å². The van der Waals surface area contributed by atoms with Crippen molar-refractivity contribution in [2.45, 2.75) is 86.0 Å². The molecular formula is C25H42N2O8. The number of carbonyl (C=O) groups is 4. The normalized spacial score (nSPS) is 13.0. The number of hydrogen-bond donors (Lipinski definition) is 2. The zero-order chi connectivity index (χ0) is 27.4. The van der Waals surface area contributed by atoms with Crippen molar-refractivity contribution in [3.63, 3.8) is 0 Å². The molecule has 2 amide bonds. The van der Waals surface area contributed by atoms with E-state index >= 15 is 0 Å². The number of ether oxygens (including phenoxy) is 4. The number of rotatable bonds is 14. The van der Waals surface area contributed by atoms with Gasteiger partial charge in [0.2, 0.25) is 0 Å². The average Bonchev–Trinajstić information content (AvgIpc) is 2.75. The molecule has 0 saturated carbocycles. The van der Waals surface area contributed by atoms with E-state index in [1.165, 1.54) is 13.8 Å². The van der Waals surface area contributed by atoms with Crippen molar-refractivity contribution in [3.05, 3.63) is 24.3 Å². The maximum Gasteiger partial charge on any atom is 0.407 e. The van der Waals surface area contributed by atoms with Crippen LogP contribution < -0.4 is 10.6 Å². The maximum absolute atomic E-state index is 12.8. The van der Waals surface area contributed by atoms with Crippen LogP contribution in [-0.4, -0.2) is 55.2 Å². The van der Waals surface area contributed by atoms with E-state index in [4.69, 9.17) is 18.9 Å². The van der Waals surface area contributed by atoms with Crippen LogP contribution in [0.25, 0.3) is 0 Å². The summed E-state index contributed by atoms with van der Waals surface area (Å²) >= 11 is 0. The smallest absolute Gasteiger partial charge is 0.407 e. The second kappa shape index (κ2) is 13.7. The first-order valence-corrected chi connectivity index (χ1v) is 11.8. The van der Waals surface area contributed by atoms with E-state index in [-0.39, 0.29) is 43.7 Å². The van der Waals surface area contributed by atoms with Crippen LogP contribution in [0.15, 0.2) is 24.3 Å². The second-order valence-electron chi connectivity index (χ2n) is 9.00. The molecule has 0 fully saturated rings. The van der Waals surface area contributed by atoms with Gasteiger partial charge in [0.15, 0.2) is 0 Å². The number of hydrogen-bond acceptors (Lipinski definition) is 8. The summed E-state index contributed by atoms with van der Waals surface area (Å²) in [6, 6.07) is 0. The van der Waals surface area contributed by atoms with E-state index in [0.29, 0.717) is 6.42 Å². The topological polar surface area (TPSA) is 129 Å². The monoisotopic (exact) mass is 498 g/mol. The van der Waals surface area contributed by atoms with Crippen molar-refractivity contribution in [3.8, 4) is 0 Å². The van der Waals surface area contributed by atoms with Gasteiger partial charge in [-0.2, -0.15) is 0 Å². The molecule has 10 heteroatoms. The third-order valence-electron chi connectivity index (χ3n) is 6.06. The fourth-order valence-corrected chi connectivity index (χ4v) is 3.54. The number of nitrogens with one attached hydrogen (secondary N) is 2. The summed E-state index contributed by atoms with van der Waals surface area (Å²) in [7, 11) is 0. The van der Waals surface area contributed by atoms with Crippen LogP contribution in [0.3, 0.4) is 0 Å². The first-order valence-electron chi connectivity index (χ1n) is 11.8. The molecule has 0 aliphatic heterocycles. The van der Waals surface area contributed by atoms with Gasteiger partial charge in [0, 0.05) is 24.1 Å². The van der Waals surface area contributed by atoms with Gasteiger partial charge in [0.25, 0.3) is 5.79 Å². The molecule has 0 aromatic heterocycles. The zero-order valence-electron chi connectivity index (χ0n) is 22.4. The lowest BCUT2D eigenvalue weighted by Crippen LogP contribution is -2.67. The van der Waals surface area contributed by atoms with Gasteiger partial charge in [0.1, 0.15) is 0 Å². The highest BCUT2D eigenvalue weighted by Gasteiger charge is 2.61. The first-order chi connectivity index (χ1) is 16.1. The molecule has 0 heterocycles. The van der Waals surface area contributed by atoms with Crippen LogP contribution >= 0.6 is 0 Å². The van der Waals surface area contributed by atoms with Crippen molar-refractivity contribution in [2.75, 3.05) is 19.8 Å². The number of esters is 2. The summed E-state index contributed by atoms with van der Waals surface area (Å²) in [4.78, 5) is 49.7. The molecule has 0 bridgehead atoms. The van der Waals surface area contributed by atoms with Crippen LogP contribution in [-0.2, 0) is 28.5 Å². The van der Waals surface area contributed by atoms with E-state index in [1.807, 2.05) is 6.92 Å². The van der Waals surface area contributed by atoms with Gasteiger partial charge in [-0.25, -0.2) is 19.2 Å². The molecule has 1 atom stereocenters. The zero-order valence-corrected chi connectivity index (χ0v) is 22.4. The Hall–Kier alpha value is -3.04. The Kier molecular flexibility index (Phi) is 12.6. The molecule has 35 heavy (non-hydrogen) atoms. The van der Waals surface area contributed by atoms with Crippen molar-refractivity contribution in [1.29, 1.82) is 0 Å². The average molecular weight is 499 g/mol. The van der Waals surface area contributed by atoms with Crippen LogP contribution in [0.1, 0.15) is 74.7 Å².